The van der Waals surface area contributed by atoms with Crippen LogP contribution in [0.3, 0.4) is 0 Å². The number of nitro groups is 1. The summed E-state index contributed by atoms with van der Waals surface area (Å²) in [7, 11) is 0. The molecule has 1 aromatic carbocycles. The number of nitrogens with one attached hydrogen (secondary N) is 1. The van der Waals surface area contributed by atoms with Crippen molar-refractivity contribution in [3.8, 4) is 5.75 Å². The van der Waals surface area contributed by atoms with Gasteiger partial charge in [0.2, 0.25) is 0 Å². The summed E-state index contributed by atoms with van der Waals surface area (Å²) >= 11 is 2.90. The molecule has 0 radical (unpaired) electrons. The highest BCUT2D eigenvalue weighted by molar-refractivity contribution is 9.10. The van der Waals surface area contributed by atoms with Gasteiger partial charge >= 0.3 is 6.03 Å². The minimum absolute atomic E-state index is 0.0345. The maximum Gasteiger partial charge on any atom is 0.332 e. The van der Waals surface area contributed by atoms with Crippen LogP contribution in [-0.4, -0.2) is 17.2 Å². The Bertz CT molecular complexity index is 503. The third-order valence-corrected chi connectivity index (χ3v) is 2.24. The number of amides is 2. The molecule has 2 amide bonds. The standard InChI is InChI=1S/C8H7BrN4O4/c9-6-2-5(13(16)17)1-4(7(6)14)3-11-12-8(10)15/h1-3,14H,(H3,10,12,15)/p-1/b11-3-. The summed E-state index contributed by atoms with van der Waals surface area (Å²) in [5.41, 5.74) is 6.31. The van der Waals surface area contributed by atoms with Crippen LogP contribution in [0.2, 0.25) is 0 Å². The number of hydrogen-bond donors (Lipinski definition) is 2. The molecule has 0 aromatic heterocycles. The first-order valence-corrected chi connectivity index (χ1v) is 4.94. The van der Waals surface area contributed by atoms with Gasteiger partial charge in [-0.3, -0.25) is 10.1 Å². The maximum atomic E-state index is 11.5. The number of hydrogen-bond acceptors (Lipinski definition) is 5. The second-order valence-corrected chi connectivity index (χ2v) is 3.69. The summed E-state index contributed by atoms with van der Waals surface area (Å²) in [5, 5.41) is 25.4. The van der Waals surface area contributed by atoms with Crippen LogP contribution in [0.25, 0.3) is 0 Å². The molecule has 0 aliphatic carbocycles. The first-order valence-electron chi connectivity index (χ1n) is 4.15. The number of nitrogens with two attached hydrogens (primary N) is 1. The maximum absolute atomic E-state index is 11.5. The third-order valence-electron chi connectivity index (χ3n) is 1.65. The lowest BCUT2D eigenvalue weighted by Gasteiger charge is -2.11. The Hall–Kier alpha value is -2.16. The van der Waals surface area contributed by atoms with Gasteiger partial charge in [0, 0.05) is 16.6 Å². The summed E-state index contributed by atoms with van der Waals surface area (Å²) in [6, 6.07) is 1.22. The first kappa shape index (κ1) is 12.9. The second kappa shape index (κ2) is 5.25. The fourth-order valence-corrected chi connectivity index (χ4v) is 1.43. The van der Waals surface area contributed by atoms with Gasteiger partial charge in [-0.25, -0.2) is 10.2 Å². The van der Waals surface area contributed by atoms with Crippen molar-refractivity contribution in [3.05, 3.63) is 32.3 Å². The minimum atomic E-state index is -0.904. The number of benzene rings is 1. The number of carbonyl (C=O) groups is 1. The SMILES string of the molecule is NC(=O)N/N=C\c1cc([N+](=O)[O-])cc(Br)c1[O-]. The summed E-state index contributed by atoms with van der Waals surface area (Å²) in [5.74, 6) is -0.481. The van der Waals surface area contributed by atoms with Crippen LogP contribution in [0.1, 0.15) is 5.56 Å². The molecule has 1 aromatic rings. The van der Waals surface area contributed by atoms with E-state index in [1.54, 1.807) is 0 Å². The molecule has 0 heterocycles. The summed E-state index contributed by atoms with van der Waals surface area (Å²) in [6.07, 6.45) is 0.977. The van der Waals surface area contributed by atoms with E-state index in [2.05, 4.69) is 21.0 Å². The first-order chi connectivity index (χ1) is 7.91. The van der Waals surface area contributed by atoms with Crippen molar-refractivity contribution in [2.75, 3.05) is 0 Å². The Morgan fingerprint density at radius 1 is 1.59 bits per heavy atom. The van der Waals surface area contributed by atoms with Crippen LogP contribution in [0, 0.1) is 10.1 Å². The van der Waals surface area contributed by atoms with E-state index in [0.717, 1.165) is 18.3 Å². The quantitative estimate of drug-likeness (QED) is 0.475. The number of non-ortho nitro benzene ring substituents is 1. The Morgan fingerprint density at radius 2 is 2.24 bits per heavy atom. The molecule has 90 valence electrons. The zero-order valence-electron chi connectivity index (χ0n) is 8.21. The lowest BCUT2D eigenvalue weighted by Crippen LogP contribution is -2.24. The monoisotopic (exact) mass is 301 g/mol. The fraction of sp³-hybridized carbons (Fsp3) is 0. The molecule has 0 spiro atoms. The van der Waals surface area contributed by atoms with Gasteiger partial charge < -0.3 is 10.8 Å². The molecule has 0 saturated heterocycles. The van der Waals surface area contributed by atoms with E-state index in [9.17, 15) is 20.0 Å². The van der Waals surface area contributed by atoms with Gasteiger partial charge in [0.15, 0.2) is 0 Å². The zero-order valence-corrected chi connectivity index (χ0v) is 9.80. The van der Waals surface area contributed by atoms with E-state index >= 15 is 0 Å². The second-order valence-electron chi connectivity index (χ2n) is 2.84. The summed E-state index contributed by atoms with van der Waals surface area (Å²) in [6.45, 7) is 0. The Labute approximate surface area is 103 Å². The normalized spacial score (nSPS) is 10.4. The Morgan fingerprint density at radius 3 is 2.76 bits per heavy atom. The molecule has 0 atom stereocenters. The number of urea groups is 1. The number of nitrogens with zero attached hydrogens (tertiary/aromatic N) is 2. The highest BCUT2D eigenvalue weighted by Crippen LogP contribution is 2.29. The van der Waals surface area contributed by atoms with Crippen molar-refractivity contribution in [2.45, 2.75) is 0 Å². The van der Waals surface area contributed by atoms with Crippen molar-refractivity contribution >= 4 is 33.9 Å². The number of hydrazone groups is 1. The summed E-state index contributed by atoms with van der Waals surface area (Å²) < 4.78 is 0.0345. The molecule has 9 heteroatoms. The summed E-state index contributed by atoms with van der Waals surface area (Å²) in [4.78, 5) is 20.2. The Balaban J connectivity index is 3.09. The van der Waals surface area contributed by atoms with E-state index in [0.29, 0.717) is 0 Å². The number of carbonyl (C=O) groups excluding carboxylic acids is 1. The molecule has 3 N–H and O–H groups in total. The van der Waals surface area contributed by atoms with Gasteiger partial charge in [-0.1, -0.05) is 21.7 Å². The fourth-order valence-electron chi connectivity index (χ4n) is 0.967. The largest absolute Gasteiger partial charge is 0.871 e. The van der Waals surface area contributed by atoms with E-state index in [4.69, 9.17) is 5.73 Å². The number of rotatable bonds is 3. The predicted octanol–water partition coefficient (Wildman–Crippen LogP) is 0.433. The zero-order chi connectivity index (χ0) is 13.0. The topological polar surface area (TPSA) is 134 Å². The third kappa shape index (κ3) is 3.41. The molecular formula is C8H6BrN4O4-. The Kier molecular flexibility index (Phi) is 3.99. The van der Waals surface area contributed by atoms with Crippen LogP contribution < -0.4 is 16.3 Å². The number of halogens is 1. The highest BCUT2D eigenvalue weighted by atomic mass is 79.9. The lowest BCUT2D eigenvalue weighted by molar-refractivity contribution is -0.385. The molecule has 0 unspecified atom stereocenters. The van der Waals surface area contributed by atoms with E-state index < -0.39 is 16.7 Å². The van der Waals surface area contributed by atoms with Gasteiger partial charge in [0.25, 0.3) is 5.69 Å². The van der Waals surface area contributed by atoms with Crippen LogP contribution in [0.15, 0.2) is 21.7 Å². The van der Waals surface area contributed by atoms with Crippen LogP contribution >= 0.6 is 15.9 Å². The van der Waals surface area contributed by atoms with Crippen LogP contribution in [0.5, 0.6) is 5.75 Å². The van der Waals surface area contributed by atoms with Crippen LogP contribution in [-0.2, 0) is 0 Å². The predicted molar refractivity (Wildman–Crippen MR) is 60.6 cm³/mol. The average molecular weight is 302 g/mol. The molecule has 0 saturated carbocycles. The van der Waals surface area contributed by atoms with Crippen molar-refractivity contribution in [1.29, 1.82) is 0 Å². The molecule has 0 bridgehead atoms. The molecule has 0 aliphatic rings. The van der Waals surface area contributed by atoms with Crippen molar-refractivity contribution in [3.63, 3.8) is 0 Å². The number of nitro benzene ring substituents is 1. The highest BCUT2D eigenvalue weighted by Gasteiger charge is 2.09. The van der Waals surface area contributed by atoms with Gasteiger partial charge in [-0.2, -0.15) is 5.10 Å². The lowest BCUT2D eigenvalue weighted by atomic mass is 10.2. The van der Waals surface area contributed by atoms with Gasteiger partial charge in [-0.15, -0.1) is 0 Å². The smallest absolute Gasteiger partial charge is 0.332 e. The van der Waals surface area contributed by atoms with Crippen molar-refractivity contribution in [1.82, 2.24) is 5.43 Å². The number of primary amides is 1. The molecule has 0 aliphatic heterocycles. The molecule has 0 fully saturated rings. The van der Waals surface area contributed by atoms with Gasteiger partial charge in [0.1, 0.15) is 0 Å². The van der Waals surface area contributed by atoms with E-state index in [1.807, 2.05) is 5.43 Å². The van der Waals surface area contributed by atoms with Crippen molar-refractivity contribution in [2.24, 2.45) is 10.8 Å². The molecule has 1 rings (SSSR count). The van der Waals surface area contributed by atoms with Crippen molar-refractivity contribution < 1.29 is 14.8 Å². The van der Waals surface area contributed by atoms with E-state index in [-0.39, 0.29) is 15.7 Å². The van der Waals surface area contributed by atoms with Gasteiger partial charge in [0.05, 0.1) is 11.1 Å². The molecule has 17 heavy (non-hydrogen) atoms. The minimum Gasteiger partial charge on any atom is -0.871 e. The molecule has 8 nitrogen and oxygen atoms in total. The average Bonchev–Trinajstić information content (AvgIpc) is 2.23. The van der Waals surface area contributed by atoms with Crippen LogP contribution in [0.4, 0.5) is 10.5 Å². The van der Waals surface area contributed by atoms with Gasteiger partial charge in [-0.05, 0) is 5.56 Å². The van der Waals surface area contributed by atoms with E-state index in [1.165, 1.54) is 0 Å². The molecular weight excluding hydrogens is 296 g/mol.